The van der Waals surface area contributed by atoms with Crippen molar-refractivity contribution < 1.29 is 9.90 Å². The monoisotopic (exact) mass is 336 g/mol. The molecule has 1 saturated heterocycles. The number of aliphatic hydroxyl groups excluding tert-OH is 1. The normalized spacial score (nSPS) is 25.7. The van der Waals surface area contributed by atoms with Crippen LogP contribution in [0.5, 0.6) is 0 Å². The van der Waals surface area contributed by atoms with Gasteiger partial charge in [0.15, 0.2) is 0 Å². The zero-order chi connectivity index (χ0) is 16.2. The Hall–Kier alpha value is -1.10. The summed E-state index contributed by atoms with van der Waals surface area (Å²) < 4.78 is 0. The number of carbonyl (C=O) groups is 1. The fourth-order valence-electron chi connectivity index (χ4n) is 3.67. The molecule has 4 nitrogen and oxygen atoms in total. The minimum atomic E-state index is -0.135. The first-order chi connectivity index (χ1) is 11.1. The third kappa shape index (κ3) is 4.06. The summed E-state index contributed by atoms with van der Waals surface area (Å²) in [5, 5.41) is 14.0. The Balaban J connectivity index is 1.47. The zero-order valence-corrected chi connectivity index (χ0v) is 14.1. The van der Waals surface area contributed by atoms with Crippen LogP contribution in [0.25, 0.3) is 0 Å². The highest BCUT2D eigenvalue weighted by Crippen LogP contribution is 2.25. The van der Waals surface area contributed by atoms with Crippen LogP contribution in [0, 0.1) is 5.92 Å². The molecule has 1 saturated carbocycles. The number of rotatable bonds is 4. The van der Waals surface area contributed by atoms with Crippen molar-refractivity contribution in [1.82, 2.24) is 10.2 Å². The van der Waals surface area contributed by atoms with E-state index in [0.29, 0.717) is 22.5 Å². The van der Waals surface area contributed by atoms with E-state index in [-0.39, 0.29) is 12.0 Å². The minimum absolute atomic E-state index is 0.0280. The summed E-state index contributed by atoms with van der Waals surface area (Å²) in [6.07, 6.45) is 4.98. The van der Waals surface area contributed by atoms with Crippen LogP contribution in [0.15, 0.2) is 24.3 Å². The van der Waals surface area contributed by atoms with E-state index in [1.54, 1.807) is 12.1 Å². The van der Waals surface area contributed by atoms with Crippen LogP contribution in [0.4, 0.5) is 0 Å². The molecule has 1 aliphatic carbocycles. The molecule has 1 amide bonds. The van der Waals surface area contributed by atoms with Crippen molar-refractivity contribution in [2.75, 3.05) is 19.6 Å². The van der Waals surface area contributed by atoms with E-state index >= 15 is 0 Å². The summed E-state index contributed by atoms with van der Waals surface area (Å²) in [4.78, 5) is 14.4. The number of nitrogens with one attached hydrogen (secondary N) is 1. The fourth-order valence-corrected chi connectivity index (χ4v) is 3.88. The summed E-state index contributed by atoms with van der Waals surface area (Å²) >= 11 is 6.12. The number of carbonyl (C=O) groups excluding carboxylic acids is 1. The summed E-state index contributed by atoms with van der Waals surface area (Å²) in [6.45, 7) is 2.41. The maximum Gasteiger partial charge on any atom is 0.255 e. The lowest BCUT2D eigenvalue weighted by Crippen LogP contribution is -2.46. The summed E-state index contributed by atoms with van der Waals surface area (Å²) in [7, 11) is 0. The average Bonchev–Trinajstić information content (AvgIpc) is 2.98. The van der Waals surface area contributed by atoms with Crippen molar-refractivity contribution in [1.29, 1.82) is 0 Å². The quantitative estimate of drug-likeness (QED) is 0.889. The lowest BCUT2D eigenvalue weighted by molar-refractivity contribution is 0.0700. The molecule has 23 heavy (non-hydrogen) atoms. The van der Waals surface area contributed by atoms with Gasteiger partial charge in [0.1, 0.15) is 0 Å². The van der Waals surface area contributed by atoms with E-state index in [1.807, 2.05) is 17.0 Å². The smallest absolute Gasteiger partial charge is 0.255 e. The van der Waals surface area contributed by atoms with E-state index < -0.39 is 0 Å². The predicted molar refractivity (Wildman–Crippen MR) is 91.7 cm³/mol. The van der Waals surface area contributed by atoms with Gasteiger partial charge in [-0.3, -0.25) is 4.79 Å². The number of benzene rings is 1. The number of aliphatic hydroxyl groups is 1. The van der Waals surface area contributed by atoms with E-state index in [1.165, 1.54) is 0 Å². The molecule has 2 atom stereocenters. The van der Waals surface area contributed by atoms with Crippen LogP contribution in [-0.2, 0) is 0 Å². The Morgan fingerprint density at radius 2 is 1.96 bits per heavy atom. The third-order valence-electron chi connectivity index (χ3n) is 5.17. The molecule has 1 aromatic carbocycles. The van der Waals surface area contributed by atoms with Crippen LogP contribution in [0.3, 0.4) is 0 Å². The molecule has 0 spiro atoms. The lowest BCUT2D eigenvalue weighted by Gasteiger charge is -2.33. The van der Waals surface area contributed by atoms with Gasteiger partial charge in [0.2, 0.25) is 0 Å². The maximum absolute atomic E-state index is 12.5. The second-order valence-electron chi connectivity index (χ2n) is 6.71. The van der Waals surface area contributed by atoms with E-state index in [0.717, 1.165) is 51.7 Å². The van der Waals surface area contributed by atoms with Crippen molar-refractivity contribution >= 4 is 17.5 Å². The van der Waals surface area contributed by atoms with Gasteiger partial charge in [0, 0.05) is 25.7 Å². The summed E-state index contributed by atoms with van der Waals surface area (Å²) in [6, 6.07) is 7.68. The van der Waals surface area contributed by atoms with E-state index in [2.05, 4.69) is 5.32 Å². The Kier molecular flexibility index (Phi) is 5.57. The SMILES string of the molecule is O=C(c1ccccc1Cl)N1CCC(NC[C@@H]2CCC[C@@H]2O)CC1. The zero-order valence-electron chi connectivity index (χ0n) is 13.4. The number of likely N-dealkylation sites (tertiary alicyclic amines) is 1. The number of nitrogens with zero attached hydrogens (tertiary/aromatic N) is 1. The van der Waals surface area contributed by atoms with Crippen LogP contribution in [0.2, 0.25) is 5.02 Å². The van der Waals surface area contributed by atoms with Gasteiger partial charge < -0.3 is 15.3 Å². The third-order valence-corrected chi connectivity index (χ3v) is 5.50. The highest BCUT2D eigenvalue weighted by molar-refractivity contribution is 6.33. The van der Waals surface area contributed by atoms with Gasteiger partial charge in [-0.15, -0.1) is 0 Å². The van der Waals surface area contributed by atoms with Gasteiger partial charge in [-0.2, -0.15) is 0 Å². The number of halogens is 1. The summed E-state index contributed by atoms with van der Waals surface area (Å²) in [5.41, 5.74) is 0.592. The van der Waals surface area contributed by atoms with Gasteiger partial charge in [0.25, 0.3) is 5.91 Å². The van der Waals surface area contributed by atoms with Crippen molar-refractivity contribution in [3.05, 3.63) is 34.9 Å². The van der Waals surface area contributed by atoms with Crippen molar-refractivity contribution in [2.45, 2.75) is 44.2 Å². The first-order valence-electron chi connectivity index (χ1n) is 8.60. The van der Waals surface area contributed by atoms with Crippen LogP contribution < -0.4 is 5.32 Å². The topological polar surface area (TPSA) is 52.6 Å². The largest absolute Gasteiger partial charge is 0.393 e. The molecule has 126 valence electrons. The summed E-state index contributed by atoms with van der Waals surface area (Å²) in [5.74, 6) is 0.429. The van der Waals surface area contributed by atoms with Gasteiger partial charge in [-0.05, 0) is 43.7 Å². The van der Waals surface area contributed by atoms with Gasteiger partial charge in [-0.25, -0.2) is 0 Å². The molecule has 0 bridgehead atoms. The second-order valence-corrected chi connectivity index (χ2v) is 7.12. The van der Waals surface area contributed by atoms with Crippen molar-refractivity contribution in [3.8, 4) is 0 Å². The van der Waals surface area contributed by atoms with Crippen molar-refractivity contribution in [3.63, 3.8) is 0 Å². The Labute approximate surface area is 142 Å². The molecule has 0 aromatic heterocycles. The maximum atomic E-state index is 12.5. The van der Waals surface area contributed by atoms with E-state index in [9.17, 15) is 9.90 Å². The predicted octanol–water partition coefficient (Wildman–Crippen LogP) is 2.70. The minimum Gasteiger partial charge on any atom is -0.393 e. The van der Waals surface area contributed by atoms with Gasteiger partial charge >= 0.3 is 0 Å². The Morgan fingerprint density at radius 1 is 1.22 bits per heavy atom. The molecule has 1 heterocycles. The standard InChI is InChI=1S/C18H25ClN2O2/c19-16-6-2-1-5-15(16)18(23)21-10-8-14(9-11-21)20-12-13-4-3-7-17(13)22/h1-2,5-6,13-14,17,20,22H,3-4,7-12H2/t13-,17-/m0/s1. The molecule has 1 aromatic rings. The first-order valence-corrected chi connectivity index (χ1v) is 8.98. The molecule has 1 aliphatic heterocycles. The molecular formula is C18H25ClN2O2. The van der Waals surface area contributed by atoms with Gasteiger partial charge in [-0.1, -0.05) is 30.2 Å². The van der Waals surface area contributed by atoms with Crippen LogP contribution in [-0.4, -0.2) is 47.7 Å². The van der Waals surface area contributed by atoms with E-state index in [4.69, 9.17) is 11.6 Å². The number of hydrogen-bond acceptors (Lipinski definition) is 3. The fraction of sp³-hybridized carbons (Fsp3) is 0.611. The van der Waals surface area contributed by atoms with Crippen LogP contribution in [0.1, 0.15) is 42.5 Å². The molecule has 2 aliphatic rings. The molecule has 2 N–H and O–H groups in total. The van der Waals surface area contributed by atoms with Crippen LogP contribution >= 0.6 is 11.6 Å². The average molecular weight is 337 g/mol. The molecule has 5 heteroatoms. The molecular weight excluding hydrogens is 312 g/mol. The van der Waals surface area contributed by atoms with Crippen molar-refractivity contribution in [2.24, 2.45) is 5.92 Å². The Bertz CT molecular complexity index is 544. The molecule has 0 unspecified atom stereocenters. The highest BCUT2D eigenvalue weighted by Gasteiger charge is 2.28. The number of amides is 1. The number of hydrogen-bond donors (Lipinski definition) is 2. The molecule has 0 radical (unpaired) electrons. The lowest BCUT2D eigenvalue weighted by atomic mass is 10.0. The second kappa shape index (κ2) is 7.65. The molecule has 2 fully saturated rings. The first kappa shape index (κ1) is 16.7. The number of piperidine rings is 1. The molecule has 3 rings (SSSR count). The Morgan fingerprint density at radius 3 is 2.61 bits per heavy atom. The highest BCUT2D eigenvalue weighted by atomic mass is 35.5. The van der Waals surface area contributed by atoms with Gasteiger partial charge in [0.05, 0.1) is 16.7 Å².